The number of hydrogen-bond acceptors (Lipinski definition) is 6. The molecule has 1 amide bonds. The lowest BCUT2D eigenvalue weighted by Crippen LogP contribution is -2.17. The molecule has 0 aliphatic rings. The van der Waals surface area contributed by atoms with Gasteiger partial charge in [-0.2, -0.15) is 5.10 Å². The van der Waals surface area contributed by atoms with Gasteiger partial charge in [-0.1, -0.05) is 18.5 Å². The van der Waals surface area contributed by atoms with Gasteiger partial charge in [-0.25, -0.2) is 5.43 Å². The van der Waals surface area contributed by atoms with Gasteiger partial charge in [-0.15, -0.1) is 0 Å². The van der Waals surface area contributed by atoms with Crippen molar-refractivity contribution in [2.75, 3.05) is 27.4 Å². The number of amides is 1. The molecule has 0 unspecified atom stereocenters. The number of rotatable bonds is 10. The molecule has 0 saturated heterocycles. The Morgan fingerprint density at radius 1 is 1.07 bits per heavy atom. The molecule has 7 nitrogen and oxygen atoms in total. The van der Waals surface area contributed by atoms with Gasteiger partial charge >= 0.3 is 0 Å². The molecular formula is C21H25ClN2O5. The number of nitrogens with one attached hydrogen (secondary N) is 1. The molecule has 1 N–H and O–H groups in total. The predicted octanol–water partition coefficient (Wildman–Crippen LogP) is 4.31. The van der Waals surface area contributed by atoms with Gasteiger partial charge in [-0.05, 0) is 49.2 Å². The van der Waals surface area contributed by atoms with Gasteiger partial charge in [0, 0.05) is 5.56 Å². The lowest BCUT2D eigenvalue weighted by molar-refractivity contribution is 0.0954. The normalized spacial score (nSPS) is 10.7. The van der Waals surface area contributed by atoms with E-state index in [4.69, 9.17) is 30.5 Å². The molecule has 0 bridgehead atoms. The van der Waals surface area contributed by atoms with Crippen molar-refractivity contribution in [1.29, 1.82) is 0 Å². The Hall–Kier alpha value is -2.93. The first-order valence-electron chi connectivity index (χ1n) is 9.18. The first kappa shape index (κ1) is 22.4. The van der Waals surface area contributed by atoms with Gasteiger partial charge in [0.1, 0.15) is 0 Å². The Kier molecular flexibility index (Phi) is 8.61. The number of ether oxygens (including phenoxy) is 4. The molecule has 8 heteroatoms. The van der Waals surface area contributed by atoms with Gasteiger partial charge in [0.25, 0.3) is 5.91 Å². The number of nitrogens with zero attached hydrogens (tertiary/aromatic N) is 1. The summed E-state index contributed by atoms with van der Waals surface area (Å²) in [6, 6.07) is 8.35. The van der Waals surface area contributed by atoms with Crippen molar-refractivity contribution in [3.63, 3.8) is 0 Å². The molecule has 2 rings (SSSR count). The molecule has 0 radical (unpaired) electrons. The van der Waals surface area contributed by atoms with Crippen LogP contribution in [0.5, 0.6) is 23.0 Å². The lowest BCUT2D eigenvalue weighted by atomic mass is 10.2. The maximum Gasteiger partial charge on any atom is 0.271 e. The Morgan fingerprint density at radius 3 is 2.52 bits per heavy atom. The summed E-state index contributed by atoms with van der Waals surface area (Å²) in [4.78, 5) is 12.4. The van der Waals surface area contributed by atoms with Crippen LogP contribution >= 0.6 is 11.6 Å². The van der Waals surface area contributed by atoms with Crippen LogP contribution in [0, 0.1) is 0 Å². The maximum atomic E-state index is 12.4. The second-order valence-corrected chi connectivity index (χ2v) is 6.29. The molecule has 0 fully saturated rings. The van der Waals surface area contributed by atoms with E-state index in [1.54, 1.807) is 30.3 Å². The second kappa shape index (κ2) is 11.2. The van der Waals surface area contributed by atoms with E-state index in [2.05, 4.69) is 10.5 Å². The Labute approximate surface area is 175 Å². The van der Waals surface area contributed by atoms with Crippen LogP contribution in [0.3, 0.4) is 0 Å². The number of methoxy groups -OCH3 is 2. The molecule has 0 aromatic heterocycles. The summed E-state index contributed by atoms with van der Waals surface area (Å²) < 4.78 is 21.7. The third-order valence-electron chi connectivity index (χ3n) is 3.80. The number of hydrazone groups is 1. The van der Waals surface area contributed by atoms with Crippen LogP contribution in [0.15, 0.2) is 35.4 Å². The Morgan fingerprint density at radius 2 is 1.86 bits per heavy atom. The fraction of sp³-hybridized carbons (Fsp3) is 0.333. The summed E-state index contributed by atoms with van der Waals surface area (Å²) in [6.07, 6.45) is 2.35. The molecule has 0 saturated carbocycles. The zero-order chi connectivity index (χ0) is 21.2. The van der Waals surface area contributed by atoms with E-state index in [0.717, 1.165) is 6.42 Å². The molecule has 2 aromatic rings. The van der Waals surface area contributed by atoms with Crippen LogP contribution in [0.2, 0.25) is 5.02 Å². The third-order valence-corrected chi connectivity index (χ3v) is 4.08. The van der Waals surface area contributed by atoms with E-state index in [1.807, 2.05) is 13.8 Å². The van der Waals surface area contributed by atoms with Crippen LogP contribution in [0.25, 0.3) is 0 Å². The first-order valence-corrected chi connectivity index (χ1v) is 9.56. The molecule has 156 valence electrons. The highest BCUT2D eigenvalue weighted by Crippen LogP contribution is 2.35. The van der Waals surface area contributed by atoms with E-state index < -0.39 is 0 Å². The Balaban J connectivity index is 2.11. The molecule has 2 aromatic carbocycles. The van der Waals surface area contributed by atoms with Gasteiger partial charge in [0.15, 0.2) is 23.0 Å². The molecule has 29 heavy (non-hydrogen) atoms. The van der Waals surface area contributed by atoms with Crippen molar-refractivity contribution in [3.05, 3.63) is 46.5 Å². The van der Waals surface area contributed by atoms with E-state index in [1.165, 1.54) is 20.4 Å². The van der Waals surface area contributed by atoms with Gasteiger partial charge in [0.05, 0.1) is 38.7 Å². The maximum absolute atomic E-state index is 12.4. The van der Waals surface area contributed by atoms with Crippen molar-refractivity contribution in [2.24, 2.45) is 5.10 Å². The summed E-state index contributed by atoms with van der Waals surface area (Å²) in [5.74, 6) is 1.64. The lowest BCUT2D eigenvalue weighted by Gasteiger charge is -2.12. The van der Waals surface area contributed by atoms with Gasteiger partial charge < -0.3 is 18.9 Å². The average molecular weight is 421 g/mol. The third kappa shape index (κ3) is 6.02. The van der Waals surface area contributed by atoms with E-state index in [9.17, 15) is 4.79 Å². The summed E-state index contributed by atoms with van der Waals surface area (Å²) >= 11 is 6.21. The SMILES string of the molecule is CCCOc1ccc(C(=O)N/N=C/c2cc(Cl)c(OC)c(OCC)c2)cc1OC. The predicted molar refractivity (Wildman–Crippen MR) is 113 cm³/mol. The van der Waals surface area contributed by atoms with Gasteiger partial charge in [-0.3, -0.25) is 4.79 Å². The minimum Gasteiger partial charge on any atom is -0.493 e. The number of hydrogen-bond donors (Lipinski definition) is 1. The number of halogens is 1. The number of benzene rings is 2. The highest BCUT2D eigenvalue weighted by molar-refractivity contribution is 6.32. The van der Waals surface area contributed by atoms with Crippen LogP contribution in [0.1, 0.15) is 36.2 Å². The van der Waals surface area contributed by atoms with E-state index in [0.29, 0.717) is 52.4 Å². The molecule has 0 aliphatic carbocycles. The summed E-state index contributed by atoms with van der Waals surface area (Å²) in [5.41, 5.74) is 3.53. The highest BCUT2D eigenvalue weighted by Gasteiger charge is 2.12. The van der Waals surface area contributed by atoms with Crippen molar-refractivity contribution < 1.29 is 23.7 Å². The number of carbonyl (C=O) groups excluding carboxylic acids is 1. The van der Waals surface area contributed by atoms with Crippen molar-refractivity contribution in [3.8, 4) is 23.0 Å². The largest absolute Gasteiger partial charge is 0.493 e. The molecule has 0 heterocycles. The molecule has 0 atom stereocenters. The van der Waals surface area contributed by atoms with Crippen molar-refractivity contribution in [2.45, 2.75) is 20.3 Å². The quantitative estimate of drug-likeness (QED) is 0.457. The van der Waals surface area contributed by atoms with Crippen molar-refractivity contribution in [1.82, 2.24) is 5.43 Å². The second-order valence-electron chi connectivity index (χ2n) is 5.88. The fourth-order valence-corrected chi connectivity index (χ4v) is 2.79. The standard InChI is InChI=1S/C21H25ClN2O5/c1-5-9-29-17-8-7-15(12-18(17)26-3)21(25)24-23-13-14-10-16(22)20(27-4)19(11-14)28-6-2/h7-8,10-13H,5-6,9H2,1-4H3,(H,24,25)/b23-13+. The molecule has 0 spiro atoms. The van der Waals surface area contributed by atoms with E-state index in [-0.39, 0.29) is 5.91 Å². The van der Waals surface area contributed by atoms with E-state index >= 15 is 0 Å². The zero-order valence-corrected chi connectivity index (χ0v) is 17.7. The topological polar surface area (TPSA) is 78.4 Å². The van der Waals surface area contributed by atoms with Crippen LogP contribution < -0.4 is 24.4 Å². The molecular weight excluding hydrogens is 396 g/mol. The van der Waals surface area contributed by atoms with Gasteiger partial charge in [0.2, 0.25) is 0 Å². The molecule has 0 aliphatic heterocycles. The zero-order valence-electron chi connectivity index (χ0n) is 17.0. The summed E-state index contributed by atoms with van der Waals surface area (Å²) in [6.45, 7) is 4.91. The summed E-state index contributed by atoms with van der Waals surface area (Å²) in [7, 11) is 3.04. The smallest absolute Gasteiger partial charge is 0.271 e. The van der Waals surface area contributed by atoms with Crippen molar-refractivity contribution >= 4 is 23.7 Å². The summed E-state index contributed by atoms with van der Waals surface area (Å²) in [5, 5.41) is 4.38. The minimum absolute atomic E-state index is 0.383. The average Bonchev–Trinajstić information content (AvgIpc) is 2.72. The van der Waals surface area contributed by atoms with Crippen LogP contribution in [-0.4, -0.2) is 39.6 Å². The first-order chi connectivity index (χ1) is 14.0. The Bertz CT molecular complexity index is 870. The number of carbonyl (C=O) groups is 1. The fourth-order valence-electron chi connectivity index (χ4n) is 2.49. The monoisotopic (exact) mass is 420 g/mol. The van der Waals surface area contributed by atoms with Crippen LogP contribution in [-0.2, 0) is 0 Å². The van der Waals surface area contributed by atoms with Crippen LogP contribution in [0.4, 0.5) is 0 Å². The highest BCUT2D eigenvalue weighted by atomic mass is 35.5. The minimum atomic E-state index is -0.383.